The van der Waals surface area contributed by atoms with Crippen LogP contribution >= 0.6 is 0 Å². The third kappa shape index (κ3) is 2.78. The minimum atomic E-state index is -0.487. The Labute approximate surface area is 234 Å². The van der Waals surface area contributed by atoms with Gasteiger partial charge < -0.3 is 9.30 Å². The van der Waals surface area contributed by atoms with Gasteiger partial charge in [0.2, 0.25) is 0 Å². The molecule has 0 radical (unpaired) electrons. The van der Waals surface area contributed by atoms with Crippen LogP contribution in [-0.4, -0.2) is 4.57 Å². The maximum Gasteiger partial charge on any atom is 0.132 e. The molecule has 1 spiro atoms. The van der Waals surface area contributed by atoms with Gasteiger partial charge in [-0.1, -0.05) is 104 Å². The Kier molecular flexibility index (Phi) is 4.84. The molecule has 0 saturated carbocycles. The van der Waals surface area contributed by atoms with Crippen molar-refractivity contribution in [3.8, 4) is 28.3 Å². The van der Waals surface area contributed by atoms with E-state index in [1.165, 1.54) is 44.3 Å². The summed E-state index contributed by atoms with van der Waals surface area (Å²) >= 11 is 0. The fourth-order valence-corrected chi connectivity index (χ4v) is 7.15. The summed E-state index contributed by atoms with van der Waals surface area (Å²) < 4.78 is 8.88. The van der Waals surface area contributed by atoms with Crippen molar-refractivity contribution in [1.82, 2.24) is 4.57 Å². The molecule has 190 valence electrons. The third-order valence-electron chi connectivity index (χ3n) is 8.56. The van der Waals surface area contributed by atoms with E-state index < -0.39 is 5.41 Å². The smallest absolute Gasteiger partial charge is 0.132 e. The normalized spacial score (nSPS) is 14.0. The quantitative estimate of drug-likeness (QED) is 0.229. The van der Waals surface area contributed by atoms with Crippen molar-refractivity contribution in [3.05, 3.63) is 161 Å². The van der Waals surface area contributed by atoms with E-state index in [0.717, 1.165) is 28.4 Å². The Hall–Kier alpha value is -5.08. The van der Waals surface area contributed by atoms with Crippen molar-refractivity contribution < 1.29 is 4.74 Å². The molecule has 0 fully saturated rings. The number of hydrogen-bond donors (Lipinski definition) is 0. The van der Waals surface area contributed by atoms with Crippen LogP contribution in [0.5, 0.6) is 11.5 Å². The summed E-state index contributed by atoms with van der Waals surface area (Å²) in [6.07, 6.45) is 6.34. The molecule has 2 heteroatoms. The van der Waals surface area contributed by atoms with E-state index in [9.17, 15) is 0 Å². The second-order valence-corrected chi connectivity index (χ2v) is 10.4. The number of allylic oxidation sites excluding steroid dienone is 1. The third-order valence-corrected chi connectivity index (χ3v) is 8.56. The van der Waals surface area contributed by atoms with Crippen LogP contribution in [0.1, 0.15) is 40.4 Å². The van der Waals surface area contributed by atoms with Crippen LogP contribution in [0.15, 0.2) is 128 Å². The van der Waals surface area contributed by atoms with Crippen LogP contribution in [0.3, 0.4) is 0 Å². The summed E-state index contributed by atoms with van der Waals surface area (Å²) in [6.45, 7) is 6.40. The molecule has 0 saturated heterocycles. The lowest BCUT2D eigenvalue weighted by molar-refractivity contribution is 0.436. The highest BCUT2D eigenvalue weighted by molar-refractivity contribution is 6.09. The Morgan fingerprint density at radius 3 is 1.98 bits per heavy atom. The lowest BCUT2D eigenvalue weighted by atomic mass is 9.66. The molecule has 2 aliphatic rings. The number of para-hydroxylation sites is 3. The molecule has 8 rings (SSSR count). The van der Waals surface area contributed by atoms with Crippen molar-refractivity contribution in [2.24, 2.45) is 0 Å². The van der Waals surface area contributed by atoms with Gasteiger partial charge in [0.1, 0.15) is 11.5 Å². The lowest BCUT2D eigenvalue weighted by Gasteiger charge is -2.39. The molecule has 0 bridgehead atoms. The molecule has 1 aliphatic heterocycles. The molecule has 0 N–H and O–H groups in total. The predicted octanol–water partition coefficient (Wildman–Crippen LogP) is 9.78. The van der Waals surface area contributed by atoms with Gasteiger partial charge in [0.05, 0.1) is 16.6 Å². The van der Waals surface area contributed by atoms with Gasteiger partial charge in [0.25, 0.3) is 0 Å². The van der Waals surface area contributed by atoms with Crippen molar-refractivity contribution >= 4 is 23.1 Å². The fraction of sp³-hybridized carbons (Fsp3) is 0.0526. The van der Waals surface area contributed by atoms with Gasteiger partial charge in [0, 0.05) is 27.8 Å². The van der Waals surface area contributed by atoms with Gasteiger partial charge >= 0.3 is 0 Å². The topological polar surface area (TPSA) is 14.2 Å². The minimum Gasteiger partial charge on any atom is -0.457 e. The Bertz CT molecular complexity index is 1960. The van der Waals surface area contributed by atoms with Gasteiger partial charge in [-0.25, -0.2) is 0 Å². The first-order valence-corrected chi connectivity index (χ1v) is 13.8. The summed E-state index contributed by atoms with van der Waals surface area (Å²) in [5.74, 6) is 1.81. The number of fused-ring (bicyclic) bond motifs is 11. The lowest BCUT2D eigenvalue weighted by Crippen LogP contribution is -2.32. The van der Waals surface area contributed by atoms with Crippen LogP contribution in [0.25, 0.3) is 39.9 Å². The number of nitrogens with zero attached hydrogens (tertiary/aromatic N) is 1. The van der Waals surface area contributed by atoms with Crippen LogP contribution in [0.4, 0.5) is 0 Å². The first-order chi connectivity index (χ1) is 19.8. The molecule has 1 aliphatic carbocycles. The summed E-state index contributed by atoms with van der Waals surface area (Å²) in [5, 5.41) is 1.23. The molecule has 0 unspecified atom stereocenters. The number of benzene rings is 5. The van der Waals surface area contributed by atoms with Crippen LogP contribution in [0.2, 0.25) is 0 Å². The molecule has 40 heavy (non-hydrogen) atoms. The van der Waals surface area contributed by atoms with Gasteiger partial charge in [-0.3, -0.25) is 0 Å². The first-order valence-electron chi connectivity index (χ1n) is 13.8. The van der Waals surface area contributed by atoms with Crippen LogP contribution in [-0.2, 0) is 5.41 Å². The zero-order chi connectivity index (χ0) is 26.8. The van der Waals surface area contributed by atoms with E-state index in [0.29, 0.717) is 0 Å². The van der Waals surface area contributed by atoms with Gasteiger partial charge in [-0.15, -0.1) is 0 Å². The number of aromatic nitrogens is 1. The van der Waals surface area contributed by atoms with Crippen molar-refractivity contribution in [2.45, 2.75) is 12.3 Å². The van der Waals surface area contributed by atoms with E-state index >= 15 is 0 Å². The Balaban J connectivity index is 1.60. The highest BCUT2D eigenvalue weighted by atomic mass is 16.5. The molecule has 2 nitrogen and oxygen atoms in total. The average Bonchev–Trinajstić information content (AvgIpc) is 3.48. The molecule has 5 aromatic carbocycles. The van der Waals surface area contributed by atoms with Gasteiger partial charge in [-0.2, -0.15) is 0 Å². The highest BCUT2D eigenvalue weighted by Gasteiger charge is 2.51. The van der Waals surface area contributed by atoms with Gasteiger partial charge in [-0.05, 0) is 65.6 Å². The molecule has 1 aromatic heterocycles. The second-order valence-electron chi connectivity index (χ2n) is 10.4. The zero-order valence-corrected chi connectivity index (χ0v) is 22.3. The van der Waals surface area contributed by atoms with E-state index in [-0.39, 0.29) is 0 Å². The Morgan fingerprint density at radius 1 is 0.675 bits per heavy atom. The van der Waals surface area contributed by atoms with Crippen molar-refractivity contribution in [2.75, 3.05) is 0 Å². The summed E-state index contributed by atoms with van der Waals surface area (Å²) in [7, 11) is 0. The monoisotopic (exact) mass is 513 g/mol. The van der Waals surface area contributed by atoms with E-state index in [1.807, 2.05) is 6.08 Å². The summed E-state index contributed by atoms with van der Waals surface area (Å²) in [4.78, 5) is 0. The number of hydrogen-bond acceptors (Lipinski definition) is 1. The molecule has 6 aromatic rings. The highest BCUT2D eigenvalue weighted by Crippen LogP contribution is 2.63. The van der Waals surface area contributed by atoms with Crippen molar-refractivity contribution in [3.63, 3.8) is 0 Å². The maximum absolute atomic E-state index is 6.51. The van der Waals surface area contributed by atoms with Crippen LogP contribution < -0.4 is 4.74 Å². The zero-order valence-electron chi connectivity index (χ0n) is 22.3. The molecular weight excluding hydrogens is 486 g/mol. The van der Waals surface area contributed by atoms with E-state index in [2.05, 4.69) is 145 Å². The summed E-state index contributed by atoms with van der Waals surface area (Å²) in [6, 6.07) is 41.2. The van der Waals surface area contributed by atoms with E-state index in [1.54, 1.807) is 0 Å². The van der Waals surface area contributed by atoms with Crippen molar-refractivity contribution in [1.29, 1.82) is 0 Å². The maximum atomic E-state index is 6.51. The number of rotatable bonds is 3. The fourth-order valence-electron chi connectivity index (χ4n) is 7.15. The average molecular weight is 514 g/mol. The standard InChI is InChI=1S/C38H27NO/c1-3-14-32-26(4-2)37-33(39(32)25-15-6-5-7-16-25)24-23-31-36(37)27-17-8-9-18-28(27)38(31)29-19-10-12-21-34(29)40-35-22-13-11-20-30(35)38/h3-24H,2H2,1H3/b14-3-. The van der Waals surface area contributed by atoms with Gasteiger partial charge in [0.15, 0.2) is 0 Å². The SMILES string of the molecule is C=Cc1c(/C=C\C)n(-c2ccccc2)c2ccc3c(c12)-c1ccccc1C31c2ccccc2Oc2ccccc21. The first kappa shape index (κ1) is 22.9. The second kappa shape index (κ2) is 8.46. The van der Waals surface area contributed by atoms with Crippen LogP contribution in [0, 0.1) is 0 Å². The summed E-state index contributed by atoms with van der Waals surface area (Å²) in [5.41, 5.74) is 11.6. The molecule has 2 heterocycles. The molecule has 0 amide bonds. The number of ether oxygens (including phenoxy) is 1. The predicted molar refractivity (Wildman–Crippen MR) is 165 cm³/mol. The molecule has 0 atom stereocenters. The molecular formula is C38H27NO. The van der Waals surface area contributed by atoms with E-state index in [4.69, 9.17) is 4.74 Å². The largest absolute Gasteiger partial charge is 0.457 e. The Morgan fingerprint density at radius 2 is 1.30 bits per heavy atom. The minimum absolute atomic E-state index is 0.487.